The van der Waals surface area contributed by atoms with E-state index in [0.29, 0.717) is 11.9 Å². The molecule has 2 rings (SSSR count). The van der Waals surface area contributed by atoms with Crippen molar-refractivity contribution < 1.29 is 0 Å². The number of nitrogens with zero attached hydrogens (tertiary/aromatic N) is 2. The molecule has 1 fully saturated rings. The zero-order chi connectivity index (χ0) is 9.80. The van der Waals surface area contributed by atoms with Gasteiger partial charge in [-0.1, -0.05) is 12.8 Å². The van der Waals surface area contributed by atoms with Crippen molar-refractivity contribution in [1.29, 1.82) is 0 Å². The maximum Gasteiger partial charge on any atom is 0.202 e. The summed E-state index contributed by atoms with van der Waals surface area (Å²) in [6.45, 7) is 0. The summed E-state index contributed by atoms with van der Waals surface area (Å²) in [5.74, 6) is 1.38. The highest BCUT2D eigenvalue weighted by Gasteiger charge is 2.24. The van der Waals surface area contributed by atoms with Gasteiger partial charge in [0, 0.05) is 23.5 Å². The van der Waals surface area contributed by atoms with Crippen LogP contribution in [0.4, 0.5) is 5.13 Å². The van der Waals surface area contributed by atoms with E-state index in [4.69, 9.17) is 11.6 Å². The molecule has 0 bridgehead atoms. The average molecular weight is 232 g/mol. The van der Waals surface area contributed by atoms with Crippen LogP contribution in [0.2, 0.25) is 0 Å². The summed E-state index contributed by atoms with van der Waals surface area (Å²) >= 11 is 7.35. The highest BCUT2D eigenvalue weighted by Crippen LogP contribution is 2.30. The molecular formula is C9H14ClN3S. The largest absolute Gasteiger partial charge is 0.356 e. The van der Waals surface area contributed by atoms with E-state index in [-0.39, 0.29) is 0 Å². The number of alkyl halides is 1. The van der Waals surface area contributed by atoms with Crippen molar-refractivity contribution in [2.45, 2.75) is 31.7 Å². The number of rotatable bonds is 4. The number of hydrogen-bond acceptors (Lipinski definition) is 4. The first kappa shape index (κ1) is 10.2. The Hall–Kier alpha value is -0.350. The molecular weight excluding hydrogens is 218 g/mol. The molecule has 1 atom stereocenters. The van der Waals surface area contributed by atoms with Crippen LogP contribution in [-0.4, -0.2) is 21.3 Å². The minimum absolute atomic E-state index is 0.368. The number of nitrogens with one attached hydrogen (secondary N) is 1. The number of aromatic nitrogens is 2. The Kier molecular flexibility index (Phi) is 3.59. The topological polar surface area (TPSA) is 37.8 Å². The van der Waals surface area contributed by atoms with Gasteiger partial charge in [0.2, 0.25) is 5.13 Å². The summed E-state index contributed by atoms with van der Waals surface area (Å²) < 4.78 is 3.96. The van der Waals surface area contributed by atoms with Crippen molar-refractivity contribution in [3.05, 3.63) is 6.33 Å². The van der Waals surface area contributed by atoms with Gasteiger partial charge in [-0.05, 0) is 18.8 Å². The second-order valence-corrected chi connectivity index (χ2v) is 4.78. The van der Waals surface area contributed by atoms with E-state index in [9.17, 15) is 0 Å². The molecule has 0 radical (unpaired) electrons. The third-order valence-corrected chi connectivity index (χ3v) is 3.73. The molecule has 14 heavy (non-hydrogen) atoms. The molecule has 78 valence electrons. The lowest BCUT2D eigenvalue weighted by molar-refractivity contribution is 0.485. The molecule has 1 aromatic rings. The van der Waals surface area contributed by atoms with Crippen molar-refractivity contribution >= 4 is 28.3 Å². The van der Waals surface area contributed by atoms with Crippen LogP contribution in [0.15, 0.2) is 6.33 Å². The lowest BCUT2D eigenvalue weighted by atomic mass is 10.00. The van der Waals surface area contributed by atoms with E-state index in [1.807, 2.05) is 0 Å². The Bertz CT molecular complexity index is 259. The lowest BCUT2D eigenvalue weighted by Crippen LogP contribution is -2.29. The van der Waals surface area contributed by atoms with Crippen molar-refractivity contribution in [1.82, 2.24) is 9.36 Å². The number of halogens is 1. The number of anilines is 1. The monoisotopic (exact) mass is 231 g/mol. The normalized spacial score (nSPS) is 19.8. The Labute approximate surface area is 93.1 Å². The summed E-state index contributed by atoms with van der Waals surface area (Å²) in [5.41, 5.74) is 0. The Morgan fingerprint density at radius 1 is 1.57 bits per heavy atom. The first-order valence-electron chi connectivity index (χ1n) is 4.99. The maximum absolute atomic E-state index is 5.96. The Morgan fingerprint density at radius 2 is 2.36 bits per heavy atom. The van der Waals surface area contributed by atoms with Gasteiger partial charge in [-0.3, -0.25) is 0 Å². The molecule has 0 spiro atoms. The van der Waals surface area contributed by atoms with E-state index in [2.05, 4.69) is 14.7 Å². The molecule has 5 heteroatoms. The maximum atomic E-state index is 5.96. The molecule has 0 amide bonds. The van der Waals surface area contributed by atoms with E-state index >= 15 is 0 Å². The SMILES string of the molecule is ClCC(Nc1ncns1)C1CCCC1. The highest BCUT2D eigenvalue weighted by atomic mass is 35.5. The fraction of sp³-hybridized carbons (Fsp3) is 0.778. The van der Waals surface area contributed by atoms with Crippen LogP contribution in [0.25, 0.3) is 0 Å². The van der Waals surface area contributed by atoms with Crippen molar-refractivity contribution in [2.24, 2.45) is 5.92 Å². The van der Waals surface area contributed by atoms with E-state index < -0.39 is 0 Å². The zero-order valence-electron chi connectivity index (χ0n) is 7.95. The predicted molar refractivity (Wildman–Crippen MR) is 60.0 cm³/mol. The molecule has 1 aromatic heterocycles. The van der Waals surface area contributed by atoms with Crippen LogP contribution in [-0.2, 0) is 0 Å². The molecule has 0 aromatic carbocycles. The van der Waals surface area contributed by atoms with E-state index in [1.165, 1.54) is 37.2 Å². The molecule has 3 nitrogen and oxygen atoms in total. The highest BCUT2D eigenvalue weighted by molar-refractivity contribution is 7.09. The molecule has 0 saturated heterocycles. The Morgan fingerprint density at radius 3 is 2.93 bits per heavy atom. The van der Waals surface area contributed by atoms with Crippen LogP contribution in [0, 0.1) is 5.92 Å². The van der Waals surface area contributed by atoms with Gasteiger partial charge in [-0.2, -0.15) is 4.37 Å². The minimum Gasteiger partial charge on any atom is -0.356 e. The molecule has 0 aliphatic heterocycles. The van der Waals surface area contributed by atoms with Gasteiger partial charge in [-0.15, -0.1) is 11.6 Å². The summed E-state index contributed by atoms with van der Waals surface area (Å²) in [5, 5.41) is 4.25. The molecule has 1 unspecified atom stereocenters. The van der Waals surface area contributed by atoms with Gasteiger partial charge in [0.1, 0.15) is 6.33 Å². The molecule has 1 aliphatic carbocycles. The van der Waals surface area contributed by atoms with Gasteiger partial charge in [0.15, 0.2) is 0 Å². The van der Waals surface area contributed by atoms with Crippen molar-refractivity contribution in [3.8, 4) is 0 Å². The van der Waals surface area contributed by atoms with Crippen molar-refractivity contribution in [2.75, 3.05) is 11.2 Å². The summed E-state index contributed by atoms with van der Waals surface area (Å²) in [7, 11) is 0. The first-order valence-corrected chi connectivity index (χ1v) is 6.30. The van der Waals surface area contributed by atoms with Gasteiger partial charge in [-0.25, -0.2) is 4.98 Å². The van der Waals surface area contributed by atoms with E-state index in [1.54, 1.807) is 6.33 Å². The minimum atomic E-state index is 0.368. The quantitative estimate of drug-likeness (QED) is 0.810. The summed E-state index contributed by atoms with van der Waals surface area (Å²) in [4.78, 5) is 4.11. The molecule has 1 aliphatic rings. The lowest BCUT2D eigenvalue weighted by Gasteiger charge is -2.21. The van der Waals surface area contributed by atoms with E-state index in [0.717, 1.165) is 11.0 Å². The fourth-order valence-electron chi connectivity index (χ4n) is 2.04. The zero-order valence-corrected chi connectivity index (χ0v) is 9.52. The van der Waals surface area contributed by atoms with Crippen LogP contribution in [0.5, 0.6) is 0 Å². The predicted octanol–water partition coefficient (Wildman–Crippen LogP) is 2.75. The van der Waals surface area contributed by atoms with Crippen LogP contribution >= 0.6 is 23.1 Å². The second-order valence-electron chi connectivity index (χ2n) is 3.70. The Balaban J connectivity index is 1.92. The smallest absolute Gasteiger partial charge is 0.202 e. The van der Waals surface area contributed by atoms with Crippen LogP contribution < -0.4 is 5.32 Å². The average Bonchev–Trinajstić information content (AvgIpc) is 2.86. The molecule has 1 heterocycles. The van der Waals surface area contributed by atoms with Crippen LogP contribution in [0.1, 0.15) is 25.7 Å². The van der Waals surface area contributed by atoms with Gasteiger partial charge in [0.05, 0.1) is 0 Å². The fourth-order valence-corrected chi connectivity index (χ4v) is 2.86. The third kappa shape index (κ3) is 2.36. The third-order valence-electron chi connectivity index (χ3n) is 2.81. The van der Waals surface area contributed by atoms with Gasteiger partial charge in [0.25, 0.3) is 0 Å². The van der Waals surface area contributed by atoms with Gasteiger partial charge >= 0.3 is 0 Å². The second kappa shape index (κ2) is 4.94. The standard InChI is InChI=1S/C9H14ClN3S/c10-5-8(7-3-1-2-4-7)13-9-11-6-12-14-9/h6-8H,1-5H2,(H,11,12,13). The summed E-state index contributed by atoms with van der Waals surface area (Å²) in [6.07, 6.45) is 6.85. The van der Waals surface area contributed by atoms with Gasteiger partial charge < -0.3 is 5.32 Å². The first-order chi connectivity index (χ1) is 6.90. The van der Waals surface area contributed by atoms with Crippen molar-refractivity contribution in [3.63, 3.8) is 0 Å². The van der Waals surface area contributed by atoms with Crippen LogP contribution in [0.3, 0.4) is 0 Å². The summed E-state index contributed by atoms with van der Waals surface area (Å²) in [6, 6.07) is 0.368. The molecule has 1 saturated carbocycles. The molecule has 1 N–H and O–H groups in total. The number of hydrogen-bond donors (Lipinski definition) is 1.